The third kappa shape index (κ3) is 6.40. The molecule has 0 radical (unpaired) electrons. The Morgan fingerprint density at radius 3 is 2.40 bits per heavy atom. The van der Waals surface area contributed by atoms with E-state index in [1.54, 1.807) is 14.2 Å². The fraction of sp³-hybridized carbons (Fsp3) is 0.647. The van der Waals surface area contributed by atoms with Crippen LogP contribution in [0.15, 0.2) is 24.3 Å². The molecule has 20 heavy (non-hydrogen) atoms. The molecule has 0 aliphatic rings. The molecular weight excluding hydrogens is 250 g/mol. The van der Waals surface area contributed by atoms with E-state index in [1.807, 2.05) is 12.1 Å². The fourth-order valence-corrected chi connectivity index (χ4v) is 2.28. The SMILES string of the molecule is CCCNC(CCc1ccc(OC)cc1)CC(C)OC. The Balaban J connectivity index is 2.46. The van der Waals surface area contributed by atoms with Gasteiger partial charge in [0.15, 0.2) is 0 Å². The number of benzene rings is 1. The number of hydrogen-bond acceptors (Lipinski definition) is 3. The van der Waals surface area contributed by atoms with Gasteiger partial charge in [0.1, 0.15) is 5.75 Å². The van der Waals surface area contributed by atoms with E-state index in [-0.39, 0.29) is 0 Å². The fourth-order valence-electron chi connectivity index (χ4n) is 2.28. The molecule has 2 atom stereocenters. The van der Waals surface area contributed by atoms with Crippen molar-refractivity contribution in [2.45, 2.75) is 51.7 Å². The lowest BCUT2D eigenvalue weighted by atomic mass is 10.0. The highest BCUT2D eigenvalue weighted by molar-refractivity contribution is 5.27. The van der Waals surface area contributed by atoms with Crippen molar-refractivity contribution in [2.75, 3.05) is 20.8 Å². The quantitative estimate of drug-likeness (QED) is 0.712. The summed E-state index contributed by atoms with van der Waals surface area (Å²) in [7, 11) is 3.48. The van der Waals surface area contributed by atoms with Gasteiger partial charge < -0.3 is 14.8 Å². The molecule has 0 saturated heterocycles. The van der Waals surface area contributed by atoms with Crippen LogP contribution in [-0.4, -0.2) is 32.9 Å². The summed E-state index contributed by atoms with van der Waals surface area (Å²) in [4.78, 5) is 0. The van der Waals surface area contributed by atoms with Gasteiger partial charge in [-0.25, -0.2) is 0 Å². The maximum Gasteiger partial charge on any atom is 0.118 e. The lowest BCUT2D eigenvalue weighted by molar-refractivity contribution is 0.0993. The van der Waals surface area contributed by atoms with Gasteiger partial charge in [0.2, 0.25) is 0 Å². The Hall–Kier alpha value is -1.06. The Bertz CT molecular complexity index is 351. The van der Waals surface area contributed by atoms with Crippen LogP contribution in [0, 0.1) is 0 Å². The second-order valence-corrected chi connectivity index (χ2v) is 5.32. The van der Waals surface area contributed by atoms with E-state index in [2.05, 4.69) is 31.3 Å². The van der Waals surface area contributed by atoms with Gasteiger partial charge in [-0.05, 0) is 56.8 Å². The topological polar surface area (TPSA) is 30.5 Å². The summed E-state index contributed by atoms with van der Waals surface area (Å²) in [6.45, 7) is 5.41. The number of hydrogen-bond donors (Lipinski definition) is 1. The second kappa shape index (κ2) is 9.78. The minimum absolute atomic E-state index is 0.306. The van der Waals surface area contributed by atoms with Crippen molar-refractivity contribution >= 4 is 0 Å². The predicted molar refractivity (Wildman–Crippen MR) is 84.5 cm³/mol. The van der Waals surface area contributed by atoms with Gasteiger partial charge in [-0.15, -0.1) is 0 Å². The first-order chi connectivity index (χ1) is 9.69. The highest BCUT2D eigenvalue weighted by Gasteiger charge is 2.12. The maximum absolute atomic E-state index is 5.39. The van der Waals surface area contributed by atoms with Gasteiger partial charge in [-0.2, -0.15) is 0 Å². The maximum atomic E-state index is 5.39. The monoisotopic (exact) mass is 279 g/mol. The van der Waals surface area contributed by atoms with Crippen molar-refractivity contribution in [2.24, 2.45) is 0 Å². The van der Waals surface area contributed by atoms with Gasteiger partial charge in [0.25, 0.3) is 0 Å². The largest absolute Gasteiger partial charge is 0.497 e. The third-order valence-electron chi connectivity index (χ3n) is 3.64. The highest BCUT2D eigenvalue weighted by atomic mass is 16.5. The van der Waals surface area contributed by atoms with Crippen LogP contribution in [-0.2, 0) is 11.2 Å². The molecule has 3 nitrogen and oxygen atoms in total. The van der Waals surface area contributed by atoms with Gasteiger partial charge in [-0.3, -0.25) is 0 Å². The lowest BCUT2D eigenvalue weighted by Crippen LogP contribution is -2.33. The average molecular weight is 279 g/mol. The van der Waals surface area contributed by atoms with Crippen molar-refractivity contribution in [3.05, 3.63) is 29.8 Å². The molecule has 0 spiro atoms. The third-order valence-corrected chi connectivity index (χ3v) is 3.64. The van der Waals surface area contributed by atoms with Crippen molar-refractivity contribution < 1.29 is 9.47 Å². The molecule has 1 aromatic carbocycles. The number of methoxy groups -OCH3 is 2. The molecule has 0 bridgehead atoms. The van der Waals surface area contributed by atoms with Crippen molar-refractivity contribution in [1.29, 1.82) is 0 Å². The van der Waals surface area contributed by atoms with E-state index in [0.717, 1.165) is 31.6 Å². The van der Waals surface area contributed by atoms with E-state index in [1.165, 1.54) is 12.0 Å². The average Bonchev–Trinajstić information content (AvgIpc) is 2.50. The van der Waals surface area contributed by atoms with E-state index in [0.29, 0.717) is 12.1 Å². The molecule has 0 saturated carbocycles. The summed E-state index contributed by atoms with van der Waals surface area (Å²) in [5.74, 6) is 0.919. The Morgan fingerprint density at radius 2 is 1.85 bits per heavy atom. The standard InChI is InChI=1S/C17H29NO2/c1-5-12-18-16(13-14(2)19-3)9-6-15-7-10-17(20-4)11-8-15/h7-8,10-11,14,16,18H,5-6,9,12-13H2,1-4H3. The number of nitrogens with one attached hydrogen (secondary N) is 1. The molecule has 0 heterocycles. The zero-order chi connectivity index (χ0) is 14.8. The summed E-state index contributed by atoms with van der Waals surface area (Å²) >= 11 is 0. The summed E-state index contributed by atoms with van der Waals surface area (Å²) in [6, 6.07) is 8.88. The van der Waals surface area contributed by atoms with E-state index in [4.69, 9.17) is 9.47 Å². The summed E-state index contributed by atoms with van der Waals surface area (Å²) in [5, 5.41) is 3.62. The normalized spacial score (nSPS) is 14.0. The van der Waals surface area contributed by atoms with Crippen LogP contribution in [0.4, 0.5) is 0 Å². The predicted octanol–water partition coefficient (Wildman–Crippen LogP) is 3.42. The van der Waals surface area contributed by atoms with Crippen LogP contribution in [0.3, 0.4) is 0 Å². The smallest absolute Gasteiger partial charge is 0.118 e. The zero-order valence-corrected chi connectivity index (χ0v) is 13.3. The molecule has 0 aliphatic carbocycles. The number of ether oxygens (including phenoxy) is 2. The van der Waals surface area contributed by atoms with Gasteiger partial charge in [-0.1, -0.05) is 19.1 Å². The lowest BCUT2D eigenvalue weighted by Gasteiger charge is -2.21. The van der Waals surface area contributed by atoms with Crippen LogP contribution < -0.4 is 10.1 Å². The van der Waals surface area contributed by atoms with Crippen LogP contribution in [0.1, 0.15) is 38.7 Å². The van der Waals surface area contributed by atoms with E-state index >= 15 is 0 Å². The molecule has 114 valence electrons. The molecule has 0 amide bonds. The minimum Gasteiger partial charge on any atom is -0.497 e. The van der Waals surface area contributed by atoms with Crippen LogP contribution in [0.5, 0.6) is 5.75 Å². The molecule has 3 heteroatoms. The van der Waals surface area contributed by atoms with Crippen molar-refractivity contribution in [3.8, 4) is 5.75 Å². The summed E-state index contributed by atoms with van der Waals surface area (Å²) < 4.78 is 10.6. The molecule has 1 aromatic rings. The van der Waals surface area contributed by atoms with Crippen LogP contribution in [0.25, 0.3) is 0 Å². The van der Waals surface area contributed by atoms with Crippen LogP contribution in [0.2, 0.25) is 0 Å². The minimum atomic E-state index is 0.306. The number of rotatable bonds is 10. The first kappa shape index (κ1) is 17.0. The van der Waals surface area contributed by atoms with Crippen LogP contribution >= 0.6 is 0 Å². The van der Waals surface area contributed by atoms with Crippen molar-refractivity contribution in [3.63, 3.8) is 0 Å². The molecular formula is C17H29NO2. The van der Waals surface area contributed by atoms with Crippen molar-refractivity contribution in [1.82, 2.24) is 5.32 Å². The molecule has 1 rings (SSSR count). The highest BCUT2D eigenvalue weighted by Crippen LogP contribution is 2.15. The van der Waals surface area contributed by atoms with Gasteiger partial charge in [0, 0.05) is 13.2 Å². The first-order valence-corrected chi connectivity index (χ1v) is 7.58. The van der Waals surface area contributed by atoms with Gasteiger partial charge >= 0.3 is 0 Å². The van der Waals surface area contributed by atoms with Gasteiger partial charge in [0.05, 0.1) is 13.2 Å². The summed E-state index contributed by atoms with van der Waals surface area (Å²) in [6.07, 6.45) is 4.76. The molecule has 1 N–H and O–H groups in total. The molecule has 2 unspecified atom stereocenters. The Morgan fingerprint density at radius 1 is 1.15 bits per heavy atom. The first-order valence-electron chi connectivity index (χ1n) is 7.58. The van der Waals surface area contributed by atoms with E-state index < -0.39 is 0 Å². The Labute approximate surface area is 123 Å². The zero-order valence-electron chi connectivity index (χ0n) is 13.3. The number of aryl methyl sites for hydroxylation is 1. The molecule has 0 fully saturated rings. The second-order valence-electron chi connectivity index (χ2n) is 5.32. The Kier molecular flexibility index (Phi) is 8.31. The molecule has 0 aliphatic heterocycles. The molecule has 0 aromatic heterocycles. The van der Waals surface area contributed by atoms with E-state index in [9.17, 15) is 0 Å². The summed E-state index contributed by atoms with van der Waals surface area (Å²) in [5.41, 5.74) is 1.36.